The monoisotopic (exact) mass is 227 g/mol. The van der Waals surface area contributed by atoms with Crippen molar-refractivity contribution in [1.29, 1.82) is 0 Å². The van der Waals surface area contributed by atoms with Crippen LogP contribution in [0.4, 0.5) is 0 Å². The molecule has 0 aliphatic rings. The summed E-state index contributed by atoms with van der Waals surface area (Å²) in [7, 11) is 1.16. The van der Waals surface area contributed by atoms with Crippen molar-refractivity contribution < 1.29 is 14.5 Å². The van der Waals surface area contributed by atoms with Gasteiger partial charge in [0.1, 0.15) is 5.57 Å². The second-order valence-corrected chi connectivity index (χ2v) is 2.24. The number of methoxy groups -OCH3 is 1. The van der Waals surface area contributed by atoms with Gasteiger partial charge in [-0.05, 0) is 6.92 Å². The molecule has 0 rings (SSSR count). The Kier molecular flexibility index (Phi) is 9.95. The van der Waals surface area contributed by atoms with Gasteiger partial charge in [0.25, 0.3) is 5.70 Å². The van der Waals surface area contributed by atoms with Crippen LogP contribution in [0, 0.1) is 10.1 Å². The summed E-state index contributed by atoms with van der Waals surface area (Å²) in [5.74, 6) is -0.739. The molecule has 0 bridgehead atoms. The van der Waals surface area contributed by atoms with E-state index < -0.39 is 10.9 Å². The quantitative estimate of drug-likeness (QED) is 0.243. The van der Waals surface area contributed by atoms with E-state index in [-0.39, 0.29) is 11.3 Å². The number of hydrogen-bond acceptors (Lipinski definition) is 4. The van der Waals surface area contributed by atoms with Gasteiger partial charge in [-0.3, -0.25) is 10.1 Å². The molecule has 0 heterocycles. The largest absolute Gasteiger partial charge is 0.465 e. The SMILES string of the molecule is C=C/C=C(\C(=C/C)C(=O)OC)[N+](=O)[O-].CC. The molecule has 90 valence electrons. The highest BCUT2D eigenvalue weighted by atomic mass is 16.6. The van der Waals surface area contributed by atoms with Crippen LogP contribution in [0.5, 0.6) is 0 Å². The van der Waals surface area contributed by atoms with Crippen LogP contribution in [0.2, 0.25) is 0 Å². The average Bonchev–Trinajstić information content (AvgIpc) is 2.30. The summed E-state index contributed by atoms with van der Waals surface area (Å²) < 4.78 is 4.39. The Hall–Kier alpha value is -1.91. The Balaban J connectivity index is 0. The second kappa shape index (κ2) is 9.64. The van der Waals surface area contributed by atoms with Crippen LogP contribution in [0.25, 0.3) is 0 Å². The highest BCUT2D eigenvalue weighted by molar-refractivity contribution is 5.92. The zero-order chi connectivity index (χ0) is 13.1. The molecular weight excluding hydrogens is 210 g/mol. The summed E-state index contributed by atoms with van der Waals surface area (Å²) in [5.41, 5.74) is -0.410. The molecule has 0 aliphatic carbocycles. The second-order valence-electron chi connectivity index (χ2n) is 2.24. The zero-order valence-electron chi connectivity index (χ0n) is 10.0. The Bertz CT molecular complexity index is 316. The molecule has 5 heteroatoms. The summed E-state index contributed by atoms with van der Waals surface area (Å²) in [4.78, 5) is 21.0. The Morgan fingerprint density at radius 3 is 2.19 bits per heavy atom. The van der Waals surface area contributed by atoms with Gasteiger partial charge in [-0.2, -0.15) is 0 Å². The first-order valence-corrected chi connectivity index (χ1v) is 4.80. The molecule has 0 saturated heterocycles. The minimum absolute atomic E-state index is 0.0857. The fourth-order valence-electron chi connectivity index (χ4n) is 0.841. The van der Waals surface area contributed by atoms with Gasteiger partial charge in [0.2, 0.25) is 0 Å². The fraction of sp³-hybridized carbons (Fsp3) is 0.364. The number of allylic oxidation sites excluding steroid dienone is 3. The molecule has 0 spiro atoms. The molecule has 0 N–H and O–H groups in total. The van der Waals surface area contributed by atoms with E-state index in [1.54, 1.807) is 0 Å². The molecular formula is C11H17NO4. The maximum absolute atomic E-state index is 11.1. The molecule has 0 unspecified atom stereocenters. The molecule has 0 aromatic rings. The summed E-state index contributed by atoms with van der Waals surface area (Å²) in [6.45, 7) is 8.85. The third kappa shape index (κ3) is 5.09. The van der Waals surface area contributed by atoms with Crippen LogP contribution in [0.3, 0.4) is 0 Å². The van der Waals surface area contributed by atoms with Crippen LogP contribution < -0.4 is 0 Å². The molecule has 0 aromatic heterocycles. The average molecular weight is 227 g/mol. The minimum atomic E-state index is -0.739. The Morgan fingerprint density at radius 1 is 1.44 bits per heavy atom. The zero-order valence-corrected chi connectivity index (χ0v) is 10.0. The summed E-state index contributed by atoms with van der Waals surface area (Å²) >= 11 is 0. The van der Waals surface area contributed by atoms with E-state index in [0.717, 1.165) is 13.2 Å². The first-order valence-electron chi connectivity index (χ1n) is 4.80. The lowest BCUT2D eigenvalue weighted by atomic mass is 10.2. The lowest BCUT2D eigenvalue weighted by Gasteiger charge is -2.00. The van der Waals surface area contributed by atoms with Gasteiger partial charge < -0.3 is 4.74 Å². The lowest BCUT2D eigenvalue weighted by Crippen LogP contribution is -2.12. The van der Waals surface area contributed by atoms with Crippen molar-refractivity contribution in [2.75, 3.05) is 7.11 Å². The number of nitrogens with zero attached hydrogens (tertiary/aromatic N) is 1. The molecule has 0 amide bonds. The van der Waals surface area contributed by atoms with Crippen molar-refractivity contribution in [2.45, 2.75) is 20.8 Å². The number of carbonyl (C=O) groups excluding carboxylic acids is 1. The number of hydrogen-bond donors (Lipinski definition) is 0. The van der Waals surface area contributed by atoms with E-state index in [4.69, 9.17) is 0 Å². The Labute approximate surface area is 95.3 Å². The van der Waals surface area contributed by atoms with E-state index in [1.165, 1.54) is 19.1 Å². The number of ether oxygens (including phenoxy) is 1. The van der Waals surface area contributed by atoms with Gasteiger partial charge in [-0.1, -0.05) is 32.6 Å². The number of rotatable bonds is 4. The highest BCUT2D eigenvalue weighted by Crippen LogP contribution is 2.12. The van der Waals surface area contributed by atoms with Gasteiger partial charge in [0, 0.05) is 6.08 Å². The van der Waals surface area contributed by atoms with Gasteiger partial charge in [-0.15, -0.1) is 0 Å². The first kappa shape index (κ1) is 16.5. The summed E-state index contributed by atoms with van der Waals surface area (Å²) in [6, 6.07) is 0. The van der Waals surface area contributed by atoms with Crippen LogP contribution in [0.15, 0.2) is 36.1 Å². The first-order chi connectivity index (χ1) is 7.58. The van der Waals surface area contributed by atoms with Crippen molar-refractivity contribution >= 4 is 5.97 Å². The van der Waals surface area contributed by atoms with E-state index in [1.807, 2.05) is 13.8 Å². The normalized spacial score (nSPS) is 11.0. The highest BCUT2D eigenvalue weighted by Gasteiger charge is 2.23. The predicted molar refractivity (Wildman–Crippen MR) is 62.4 cm³/mol. The topological polar surface area (TPSA) is 69.4 Å². The molecule has 0 atom stereocenters. The molecule has 0 saturated carbocycles. The van der Waals surface area contributed by atoms with Gasteiger partial charge in [0.05, 0.1) is 12.0 Å². The maximum Gasteiger partial charge on any atom is 0.344 e. The summed E-state index contributed by atoms with van der Waals surface area (Å²) in [5, 5.41) is 10.6. The third-order valence-corrected chi connectivity index (χ3v) is 1.44. The smallest absolute Gasteiger partial charge is 0.344 e. The molecule has 0 aliphatic heterocycles. The van der Waals surface area contributed by atoms with Crippen LogP contribution in [-0.2, 0) is 9.53 Å². The fourth-order valence-corrected chi connectivity index (χ4v) is 0.841. The van der Waals surface area contributed by atoms with Gasteiger partial charge in [0.15, 0.2) is 0 Å². The van der Waals surface area contributed by atoms with Crippen molar-refractivity contribution in [1.82, 2.24) is 0 Å². The number of nitro groups is 1. The maximum atomic E-state index is 11.1. The van der Waals surface area contributed by atoms with E-state index in [9.17, 15) is 14.9 Å². The van der Waals surface area contributed by atoms with Crippen LogP contribution in [-0.4, -0.2) is 18.0 Å². The number of carbonyl (C=O) groups is 1. The third-order valence-electron chi connectivity index (χ3n) is 1.44. The van der Waals surface area contributed by atoms with Gasteiger partial charge >= 0.3 is 5.97 Å². The van der Waals surface area contributed by atoms with Gasteiger partial charge in [-0.25, -0.2) is 4.79 Å². The van der Waals surface area contributed by atoms with E-state index in [0.29, 0.717) is 0 Å². The van der Waals surface area contributed by atoms with Crippen molar-refractivity contribution in [3.8, 4) is 0 Å². The molecule has 5 nitrogen and oxygen atoms in total. The molecule has 0 fully saturated rings. The van der Waals surface area contributed by atoms with Crippen LogP contribution >= 0.6 is 0 Å². The van der Waals surface area contributed by atoms with E-state index in [2.05, 4.69) is 11.3 Å². The standard InChI is InChI=1S/C9H11NO4.C2H6/c1-4-6-8(10(12)13)7(5-2)9(11)14-3;1-2/h4-6H,1H2,2-3H3;1-2H3/b7-5+,8-6+;. The summed E-state index contributed by atoms with van der Waals surface area (Å²) in [6.07, 6.45) is 3.71. The minimum Gasteiger partial charge on any atom is -0.465 e. The van der Waals surface area contributed by atoms with Crippen molar-refractivity contribution in [2.24, 2.45) is 0 Å². The van der Waals surface area contributed by atoms with Crippen molar-refractivity contribution in [3.05, 3.63) is 46.2 Å². The van der Waals surface area contributed by atoms with Crippen LogP contribution in [0.1, 0.15) is 20.8 Å². The molecule has 16 heavy (non-hydrogen) atoms. The van der Waals surface area contributed by atoms with E-state index >= 15 is 0 Å². The molecule has 0 aromatic carbocycles. The molecule has 0 radical (unpaired) electrons. The Morgan fingerprint density at radius 2 is 1.94 bits per heavy atom. The number of esters is 1. The lowest BCUT2D eigenvalue weighted by molar-refractivity contribution is -0.420. The van der Waals surface area contributed by atoms with Crippen molar-refractivity contribution in [3.63, 3.8) is 0 Å². The predicted octanol–water partition coefficient (Wildman–Crippen LogP) is 2.48.